The van der Waals surface area contributed by atoms with Crippen LogP contribution in [0, 0.1) is 18.8 Å². The van der Waals surface area contributed by atoms with Gasteiger partial charge in [0.2, 0.25) is 5.91 Å². The maximum absolute atomic E-state index is 11.4. The number of nitrogens with one attached hydrogen (secondary N) is 1. The molecule has 2 aromatic carbocycles. The Morgan fingerprint density at radius 2 is 1.65 bits per heavy atom. The monoisotopic (exact) mass is 264 g/mol. The zero-order valence-corrected chi connectivity index (χ0v) is 11.3. The molecule has 20 heavy (non-hydrogen) atoms. The van der Waals surface area contributed by atoms with E-state index in [2.05, 4.69) is 17.2 Å². The van der Waals surface area contributed by atoms with Gasteiger partial charge in [-0.1, -0.05) is 42.2 Å². The second-order valence-electron chi connectivity index (χ2n) is 4.36. The highest BCUT2D eigenvalue weighted by atomic mass is 16.1. The molecule has 2 aromatic rings. The largest absolute Gasteiger partial charge is 0.324 e. The van der Waals surface area contributed by atoms with Gasteiger partial charge in [0.15, 0.2) is 0 Å². The first-order chi connectivity index (χ1) is 9.70. The Hall–Kier alpha value is -2.57. The van der Waals surface area contributed by atoms with Crippen LogP contribution in [0.2, 0.25) is 0 Å². The Morgan fingerprint density at radius 3 is 2.35 bits per heavy atom. The molecule has 2 rings (SSSR count). The number of nitrogens with two attached hydrogens (primary N) is 1. The third kappa shape index (κ3) is 3.47. The third-order valence-electron chi connectivity index (χ3n) is 2.86. The van der Waals surface area contributed by atoms with Crippen molar-refractivity contribution in [2.45, 2.75) is 6.92 Å². The number of amides is 1. The zero-order chi connectivity index (χ0) is 14.4. The van der Waals surface area contributed by atoms with Crippen molar-refractivity contribution in [3.8, 4) is 11.8 Å². The molecule has 3 heteroatoms. The van der Waals surface area contributed by atoms with Crippen LogP contribution in [-0.2, 0) is 4.79 Å². The van der Waals surface area contributed by atoms with Gasteiger partial charge in [-0.05, 0) is 30.7 Å². The van der Waals surface area contributed by atoms with E-state index in [9.17, 15) is 4.79 Å². The maximum Gasteiger partial charge on any atom is 0.238 e. The summed E-state index contributed by atoms with van der Waals surface area (Å²) in [5, 5.41) is 2.74. The average Bonchev–Trinajstić information content (AvgIpc) is 2.47. The number of aryl methyl sites for hydroxylation is 1. The van der Waals surface area contributed by atoms with Crippen molar-refractivity contribution >= 4 is 11.6 Å². The number of rotatable bonds is 2. The van der Waals surface area contributed by atoms with E-state index in [-0.39, 0.29) is 12.5 Å². The summed E-state index contributed by atoms with van der Waals surface area (Å²) < 4.78 is 0. The molecule has 0 atom stereocenters. The molecule has 0 aliphatic carbocycles. The molecule has 0 saturated carbocycles. The molecule has 3 nitrogen and oxygen atoms in total. The van der Waals surface area contributed by atoms with E-state index < -0.39 is 0 Å². The van der Waals surface area contributed by atoms with Crippen LogP contribution in [-0.4, -0.2) is 12.5 Å². The Morgan fingerprint density at radius 1 is 1.05 bits per heavy atom. The zero-order valence-electron chi connectivity index (χ0n) is 11.3. The van der Waals surface area contributed by atoms with Crippen molar-refractivity contribution in [2.75, 3.05) is 11.9 Å². The predicted molar refractivity (Wildman–Crippen MR) is 81.3 cm³/mol. The summed E-state index contributed by atoms with van der Waals surface area (Å²) in [4.78, 5) is 11.4. The lowest BCUT2D eigenvalue weighted by molar-refractivity contribution is -0.114. The van der Waals surface area contributed by atoms with Gasteiger partial charge < -0.3 is 11.1 Å². The van der Waals surface area contributed by atoms with Gasteiger partial charge in [0, 0.05) is 11.1 Å². The minimum absolute atomic E-state index is 0.0421. The molecule has 0 aromatic heterocycles. The number of hydrogen-bond donors (Lipinski definition) is 2. The van der Waals surface area contributed by atoms with Crippen LogP contribution in [0.15, 0.2) is 48.5 Å². The van der Waals surface area contributed by atoms with Crippen LogP contribution in [0.5, 0.6) is 0 Å². The summed E-state index contributed by atoms with van der Waals surface area (Å²) >= 11 is 0. The van der Waals surface area contributed by atoms with Crippen molar-refractivity contribution in [1.29, 1.82) is 0 Å². The molecule has 0 aliphatic rings. The molecular formula is C17H16N2O. The van der Waals surface area contributed by atoms with Gasteiger partial charge in [0.1, 0.15) is 0 Å². The topological polar surface area (TPSA) is 55.1 Å². The van der Waals surface area contributed by atoms with Crippen molar-refractivity contribution in [3.63, 3.8) is 0 Å². The molecule has 0 saturated heterocycles. The Labute approximate surface area is 118 Å². The quantitative estimate of drug-likeness (QED) is 0.818. The summed E-state index contributed by atoms with van der Waals surface area (Å²) in [6.45, 7) is 1.98. The van der Waals surface area contributed by atoms with Crippen molar-refractivity contribution in [1.82, 2.24) is 0 Å². The van der Waals surface area contributed by atoms with Crippen LogP contribution in [0.3, 0.4) is 0 Å². The second kappa shape index (κ2) is 6.55. The van der Waals surface area contributed by atoms with Crippen LogP contribution in [0.4, 0.5) is 5.69 Å². The van der Waals surface area contributed by atoms with E-state index in [1.807, 2.05) is 55.5 Å². The lowest BCUT2D eigenvalue weighted by atomic mass is 10.1. The summed E-state index contributed by atoms with van der Waals surface area (Å²) in [7, 11) is 0. The average molecular weight is 264 g/mol. The highest BCUT2D eigenvalue weighted by Crippen LogP contribution is 2.14. The minimum atomic E-state index is -0.227. The summed E-state index contributed by atoms with van der Waals surface area (Å²) in [5.74, 6) is 6.00. The van der Waals surface area contributed by atoms with E-state index in [4.69, 9.17) is 5.73 Å². The van der Waals surface area contributed by atoms with Gasteiger partial charge in [-0.15, -0.1) is 0 Å². The molecule has 0 heterocycles. The summed E-state index contributed by atoms with van der Waals surface area (Å²) in [5.41, 5.74) is 8.87. The predicted octanol–water partition coefficient (Wildman–Crippen LogP) is 2.29. The van der Waals surface area contributed by atoms with E-state index in [0.717, 1.165) is 16.7 Å². The second-order valence-corrected chi connectivity index (χ2v) is 4.36. The van der Waals surface area contributed by atoms with Gasteiger partial charge in [0.25, 0.3) is 0 Å². The van der Waals surface area contributed by atoms with E-state index in [0.29, 0.717) is 5.69 Å². The van der Waals surface area contributed by atoms with Crippen molar-refractivity contribution in [2.24, 2.45) is 5.73 Å². The van der Waals surface area contributed by atoms with Crippen LogP contribution in [0.1, 0.15) is 16.7 Å². The standard InChI is InChI=1S/C17H16N2O/c1-13-6-2-3-7-14(13)10-11-15-8-4-5-9-16(15)19-17(20)12-18/h2-9H,12,18H2,1H3,(H,19,20). The maximum atomic E-state index is 11.4. The van der Waals surface area contributed by atoms with Crippen LogP contribution < -0.4 is 11.1 Å². The number of carbonyl (C=O) groups excluding carboxylic acids is 1. The number of hydrogen-bond acceptors (Lipinski definition) is 2. The molecule has 0 aliphatic heterocycles. The number of carbonyl (C=O) groups is 1. The van der Waals surface area contributed by atoms with Crippen LogP contribution >= 0.6 is 0 Å². The first kappa shape index (κ1) is 13.9. The Bertz CT molecular complexity index is 681. The van der Waals surface area contributed by atoms with E-state index in [1.54, 1.807) is 0 Å². The molecule has 100 valence electrons. The van der Waals surface area contributed by atoms with Crippen molar-refractivity contribution < 1.29 is 4.79 Å². The molecule has 3 N–H and O–H groups in total. The first-order valence-electron chi connectivity index (χ1n) is 6.37. The molecule has 0 spiro atoms. The molecule has 0 unspecified atom stereocenters. The first-order valence-corrected chi connectivity index (χ1v) is 6.37. The normalized spacial score (nSPS) is 9.50. The van der Waals surface area contributed by atoms with Gasteiger partial charge in [-0.3, -0.25) is 4.79 Å². The van der Waals surface area contributed by atoms with E-state index >= 15 is 0 Å². The van der Waals surface area contributed by atoms with Gasteiger partial charge in [-0.2, -0.15) is 0 Å². The SMILES string of the molecule is Cc1ccccc1C#Cc1ccccc1NC(=O)CN. The number of para-hydroxylation sites is 1. The summed E-state index contributed by atoms with van der Waals surface area (Å²) in [6, 6.07) is 15.4. The molecule has 0 radical (unpaired) electrons. The lowest BCUT2D eigenvalue weighted by Crippen LogP contribution is -2.22. The van der Waals surface area contributed by atoms with Crippen LogP contribution in [0.25, 0.3) is 0 Å². The van der Waals surface area contributed by atoms with Gasteiger partial charge in [0.05, 0.1) is 12.2 Å². The number of anilines is 1. The fraction of sp³-hybridized carbons (Fsp3) is 0.118. The Kier molecular flexibility index (Phi) is 4.54. The van der Waals surface area contributed by atoms with Gasteiger partial charge >= 0.3 is 0 Å². The van der Waals surface area contributed by atoms with E-state index in [1.165, 1.54) is 0 Å². The fourth-order valence-corrected chi connectivity index (χ4v) is 1.75. The lowest BCUT2D eigenvalue weighted by Gasteiger charge is -2.05. The molecule has 0 fully saturated rings. The third-order valence-corrected chi connectivity index (χ3v) is 2.86. The fourth-order valence-electron chi connectivity index (χ4n) is 1.75. The molecule has 1 amide bonds. The Balaban J connectivity index is 2.31. The van der Waals surface area contributed by atoms with Gasteiger partial charge in [-0.25, -0.2) is 0 Å². The highest BCUT2D eigenvalue weighted by molar-refractivity contribution is 5.93. The number of benzene rings is 2. The minimum Gasteiger partial charge on any atom is -0.324 e. The highest BCUT2D eigenvalue weighted by Gasteiger charge is 2.02. The summed E-state index contributed by atoms with van der Waals surface area (Å²) in [6.07, 6.45) is 0. The van der Waals surface area contributed by atoms with Crippen molar-refractivity contribution in [3.05, 3.63) is 65.2 Å². The molecular weight excluding hydrogens is 248 g/mol. The smallest absolute Gasteiger partial charge is 0.238 e. The molecule has 0 bridgehead atoms.